The third-order valence-corrected chi connectivity index (χ3v) is 9.78. The van der Waals surface area contributed by atoms with E-state index in [-0.39, 0.29) is 42.4 Å². The molecule has 1 atom stereocenters. The van der Waals surface area contributed by atoms with E-state index in [2.05, 4.69) is 6.07 Å². The number of rotatable bonds is 9. The van der Waals surface area contributed by atoms with Gasteiger partial charge in [-0.15, -0.1) is 0 Å². The van der Waals surface area contributed by atoms with Gasteiger partial charge in [-0.2, -0.15) is 5.26 Å². The number of carbonyl (C=O) groups is 1. The Balaban J connectivity index is 1.37. The second-order valence-corrected chi connectivity index (χ2v) is 13.3. The van der Waals surface area contributed by atoms with Crippen molar-refractivity contribution < 1.29 is 23.8 Å². The van der Waals surface area contributed by atoms with Crippen LogP contribution in [0.3, 0.4) is 0 Å². The molecule has 13 heteroatoms. The van der Waals surface area contributed by atoms with Crippen molar-refractivity contribution >= 4 is 44.7 Å². The summed E-state index contributed by atoms with van der Waals surface area (Å²) in [5.41, 5.74) is 3.27. The lowest BCUT2D eigenvalue weighted by Gasteiger charge is -2.43. The number of likely N-dealkylation sites (tertiary alicyclic amines) is 1. The predicted octanol–water partition coefficient (Wildman–Crippen LogP) is 4.48. The highest BCUT2D eigenvalue weighted by Crippen LogP contribution is 2.41. The predicted molar refractivity (Wildman–Crippen MR) is 178 cm³/mol. The molecule has 2 aromatic heterocycles. The lowest BCUT2D eigenvalue weighted by molar-refractivity contribution is -0.142. The molecular weight excluding hydrogens is 624 g/mol. The number of amides is 1. The number of β-amino-alcohol motifs (C(OH)–C–C–N with tert-alkyl or cyclic N) is 1. The molecule has 0 spiro atoms. The number of fused-ring (bicyclic) bond motifs is 1. The largest absolute Gasteiger partial charge is 0.394 e. The highest BCUT2D eigenvalue weighted by atomic mass is 32.1. The smallest absolute Gasteiger partial charge is 0.236 e. The zero-order valence-electron chi connectivity index (χ0n) is 26.5. The first kappa shape index (κ1) is 32.7. The fourth-order valence-electron chi connectivity index (χ4n) is 6.18. The first-order valence-corrected chi connectivity index (χ1v) is 16.6. The van der Waals surface area contributed by atoms with Crippen LogP contribution in [0.5, 0.6) is 0 Å². The van der Waals surface area contributed by atoms with Gasteiger partial charge in [0, 0.05) is 61.6 Å². The van der Waals surface area contributed by atoms with E-state index in [1.165, 1.54) is 29.5 Å². The summed E-state index contributed by atoms with van der Waals surface area (Å²) in [6.45, 7) is 8.51. The minimum absolute atomic E-state index is 0.00533. The average Bonchev–Trinajstić information content (AvgIpc) is 3.47. The van der Waals surface area contributed by atoms with E-state index in [1.807, 2.05) is 47.6 Å². The molecule has 47 heavy (non-hydrogen) atoms. The minimum Gasteiger partial charge on any atom is -0.394 e. The molecule has 10 nitrogen and oxygen atoms in total. The van der Waals surface area contributed by atoms with Crippen molar-refractivity contribution in [2.24, 2.45) is 0 Å². The number of piperazine rings is 1. The van der Waals surface area contributed by atoms with Crippen molar-refractivity contribution in [1.82, 2.24) is 19.8 Å². The fourth-order valence-corrected chi connectivity index (χ4v) is 7.14. The van der Waals surface area contributed by atoms with Crippen LogP contribution in [0.1, 0.15) is 37.3 Å². The first-order valence-electron chi connectivity index (χ1n) is 15.7. The van der Waals surface area contributed by atoms with Crippen LogP contribution in [0.4, 0.5) is 25.3 Å². The summed E-state index contributed by atoms with van der Waals surface area (Å²) in [4.78, 5) is 30.1. The van der Waals surface area contributed by atoms with Gasteiger partial charge in [-0.3, -0.25) is 9.69 Å². The lowest BCUT2D eigenvalue weighted by Crippen LogP contribution is -2.59. The molecule has 4 heterocycles. The highest BCUT2D eigenvalue weighted by Gasteiger charge is 2.33. The van der Waals surface area contributed by atoms with E-state index in [1.54, 1.807) is 17.0 Å². The summed E-state index contributed by atoms with van der Waals surface area (Å²) >= 11 is 1.21. The van der Waals surface area contributed by atoms with Gasteiger partial charge in [0.2, 0.25) is 5.91 Å². The maximum Gasteiger partial charge on any atom is 0.236 e. The zero-order chi connectivity index (χ0) is 33.4. The maximum absolute atomic E-state index is 16.1. The van der Waals surface area contributed by atoms with Crippen LogP contribution in [-0.4, -0.2) is 100 Å². The van der Waals surface area contributed by atoms with Gasteiger partial charge in [0.1, 0.15) is 28.0 Å². The number of pyridine rings is 1. The molecule has 2 aliphatic rings. The van der Waals surface area contributed by atoms with Gasteiger partial charge in [-0.05, 0) is 55.3 Å². The molecule has 0 bridgehead atoms. The molecule has 1 unspecified atom stereocenters. The van der Waals surface area contributed by atoms with Crippen molar-refractivity contribution in [1.29, 1.82) is 5.26 Å². The third-order valence-electron chi connectivity index (χ3n) is 8.80. The minimum atomic E-state index is -0.494. The van der Waals surface area contributed by atoms with Crippen LogP contribution < -0.4 is 9.80 Å². The maximum atomic E-state index is 16.1. The number of thiazole rings is 1. The molecule has 246 valence electrons. The number of aromatic nitrogens is 2. The monoisotopic (exact) mass is 661 g/mol. The second-order valence-electron chi connectivity index (χ2n) is 12.3. The Kier molecular flexibility index (Phi) is 9.39. The molecule has 2 aromatic carbocycles. The second kappa shape index (κ2) is 13.5. The number of hydrogen-bond acceptors (Lipinski definition) is 10. The van der Waals surface area contributed by atoms with Crippen molar-refractivity contribution in [2.75, 3.05) is 62.2 Å². The molecular formula is C34H37F2N7O3S. The molecule has 0 saturated carbocycles. The van der Waals surface area contributed by atoms with E-state index < -0.39 is 11.9 Å². The van der Waals surface area contributed by atoms with E-state index in [4.69, 9.17) is 9.97 Å². The Morgan fingerprint density at radius 1 is 1.13 bits per heavy atom. The van der Waals surface area contributed by atoms with Gasteiger partial charge in [-0.1, -0.05) is 25.2 Å². The fraction of sp³-hybridized carbons (Fsp3) is 0.412. The Labute approximate surface area is 276 Å². The summed E-state index contributed by atoms with van der Waals surface area (Å²) in [5.74, 6) is -0.929. The van der Waals surface area contributed by atoms with E-state index in [0.29, 0.717) is 83.0 Å². The summed E-state index contributed by atoms with van der Waals surface area (Å²) in [7, 11) is 0. The number of aliphatic hydroxyl groups excluding tert-OH is 2. The van der Waals surface area contributed by atoms with Gasteiger partial charge in [0.05, 0.1) is 31.0 Å². The molecule has 0 aliphatic carbocycles. The number of anilines is 3. The van der Waals surface area contributed by atoms with E-state index in [9.17, 15) is 24.7 Å². The number of halogens is 2. The molecule has 2 N–H and O–H groups in total. The number of nitrogens with zero attached hydrogens (tertiary/aromatic N) is 7. The number of carbonyl (C=O) groups excluding carboxylic acids is 1. The van der Waals surface area contributed by atoms with E-state index >= 15 is 4.39 Å². The van der Waals surface area contributed by atoms with Crippen molar-refractivity contribution in [3.8, 4) is 17.3 Å². The van der Waals surface area contributed by atoms with Crippen molar-refractivity contribution in [2.45, 2.75) is 38.8 Å². The van der Waals surface area contributed by atoms with Gasteiger partial charge in [0.15, 0.2) is 10.9 Å². The lowest BCUT2D eigenvalue weighted by atomic mass is 10.0. The average molecular weight is 662 g/mol. The zero-order valence-corrected chi connectivity index (χ0v) is 27.3. The summed E-state index contributed by atoms with van der Waals surface area (Å²) < 4.78 is 29.7. The van der Waals surface area contributed by atoms with Crippen LogP contribution in [-0.2, 0) is 4.79 Å². The van der Waals surface area contributed by atoms with Gasteiger partial charge in [0.25, 0.3) is 0 Å². The van der Waals surface area contributed by atoms with Crippen LogP contribution in [0, 0.1) is 23.0 Å². The van der Waals surface area contributed by atoms with Crippen molar-refractivity contribution in [3.63, 3.8) is 0 Å². The first-order chi connectivity index (χ1) is 22.6. The van der Waals surface area contributed by atoms with Gasteiger partial charge < -0.3 is 24.9 Å². The molecule has 0 radical (unpaired) electrons. The van der Waals surface area contributed by atoms with Crippen LogP contribution >= 0.6 is 11.3 Å². The molecule has 4 aromatic rings. The number of hydrogen-bond donors (Lipinski definition) is 2. The number of nitriles is 1. The standard InChI is InChI=1S/C34H37F2N7O3S/c1-4-42(34-39-32(30(14-37)47-34)21-5-7-22(35)8-6-21)29-13-28(20(2)3)38-33-26(29)11-23(12-27(33)36)43-10-9-40(15-24(43)19-44)18-31(46)41-16-25(45)17-41/h5-8,11-13,20,24-25,44-45H,4,9-10,15-19H2,1-3H3. The third kappa shape index (κ3) is 6.51. The van der Waals surface area contributed by atoms with Gasteiger partial charge >= 0.3 is 0 Å². The van der Waals surface area contributed by atoms with Crippen LogP contribution in [0.15, 0.2) is 42.5 Å². The molecule has 2 saturated heterocycles. The Hall–Kier alpha value is -4.22. The molecule has 2 fully saturated rings. The van der Waals surface area contributed by atoms with Crippen LogP contribution in [0.25, 0.3) is 22.2 Å². The van der Waals surface area contributed by atoms with Gasteiger partial charge in [-0.25, -0.2) is 18.7 Å². The Morgan fingerprint density at radius 2 is 1.87 bits per heavy atom. The Bertz CT molecular complexity index is 1820. The van der Waals surface area contributed by atoms with Crippen molar-refractivity contribution in [3.05, 3.63) is 64.7 Å². The highest BCUT2D eigenvalue weighted by molar-refractivity contribution is 7.16. The molecule has 6 rings (SSSR count). The van der Waals surface area contributed by atoms with Crippen LogP contribution in [0.2, 0.25) is 0 Å². The molecule has 2 aliphatic heterocycles. The number of aliphatic hydroxyl groups is 2. The SMILES string of the molecule is CCN(c1nc(-c2ccc(F)cc2)c(C#N)s1)c1cc(C(C)C)nc2c(F)cc(N3CCN(CC(=O)N4CC(O)C4)CC3CO)cc12. The summed E-state index contributed by atoms with van der Waals surface area (Å²) in [6.07, 6.45) is -0.468. The topological polar surface area (TPSA) is 120 Å². The summed E-state index contributed by atoms with van der Waals surface area (Å²) in [6, 6.07) is 13.0. The quantitative estimate of drug-likeness (QED) is 0.268. The van der Waals surface area contributed by atoms with E-state index in [0.717, 1.165) is 0 Å². The Morgan fingerprint density at radius 3 is 2.51 bits per heavy atom. The number of benzene rings is 2. The summed E-state index contributed by atoms with van der Waals surface area (Å²) in [5, 5.41) is 31.0. The molecule has 1 amide bonds. The normalized spacial score (nSPS) is 17.3.